The van der Waals surface area contributed by atoms with E-state index in [1.807, 2.05) is 12.1 Å². The van der Waals surface area contributed by atoms with Gasteiger partial charge in [-0.05, 0) is 6.07 Å². The molecule has 0 fully saturated rings. The first-order chi connectivity index (χ1) is 5.79. The van der Waals surface area contributed by atoms with Crippen LogP contribution in [0.3, 0.4) is 0 Å². The molecule has 0 saturated carbocycles. The van der Waals surface area contributed by atoms with Crippen LogP contribution in [0.1, 0.15) is 5.56 Å². The van der Waals surface area contributed by atoms with Gasteiger partial charge in [0, 0.05) is 12.1 Å². The highest BCUT2D eigenvalue weighted by Crippen LogP contribution is 2.33. The van der Waals surface area contributed by atoms with Crippen LogP contribution >= 0.6 is 22.9 Å². The molecule has 0 aliphatic carbocycles. The van der Waals surface area contributed by atoms with Gasteiger partial charge < -0.3 is 8.85 Å². The van der Waals surface area contributed by atoms with E-state index in [0.717, 1.165) is 17.9 Å². The maximum atomic E-state index is 5.85. The SMILES string of the molecule is Nc1cccc2c1N(I)CC=C2. The van der Waals surface area contributed by atoms with Crippen molar-refractivity contribution >= 4 is 40.3 Å². The molecule has 0 amide bonds. The molecule has 0 radical (unpaired) electrons. The van der Waals surface area contributed by atoms with Gasteiger partial charge >= 0.3 is 0 Å². The minimum absolute atomic E-state index is 0.853. The molecule has 1 aromatic rings. The number of benzene rings is 1. The number of nitrogens with two attached hydrogens (primary N) is 1. The van der Waals surface area contributed by atoms with E-state index < -0.39 is 0 Å². The molecule has 0 saturated heterocycles. The molecule has 2 rings (SSSR count). The van der Waals surface area contributed by atoms with Gasteiger partial charge in [-0.15, -0.1) is 0 Å². The summed E-state index contributed by atoms with van der Waals surface area (Å²) < 4.78 is 2.13. The molecule has 3 heteroatoms. The standard InChI is InChI=1S/C9H9IN2/c10-12-6-2-4-7-3-1-5-8(11)9(7)12/h1-5H,6,11H2. The Morgan fingerprint density at radius 2 is 2.25 bits per heavy atom. The topological polar surface area (TPSA) is 29.3 Å². The van der Waals surface area contributed by atoms with E-state index in [1.165, 1.54) is 5.56 Å². The summed E-state index contributed by atoms with van der Waals surface area (Å²) >= 11 is 2.28. The third kappa shape index (κ3) is 1.18. The molecule has 0 unspecified atom stereocenters. The summed E-state index contributed by atoms with van der Waals surface area (Å²) in [5.41, 5.74) is 9.05. The molecular weight excluding hydrogens is 263 g/mol. The highest BCUT2D eigenvalue weighted by atomic mass is 127. The van der Waals surface area contributed by atoms with Crippen molar-refractivity contribution < 1.29 is 0 Å². The maximum Gasteiger partial charge on any atom is 0.0763 e. The number of nitrogens with zero attached hydrogens (tertiary/aromatic N) is 1. The van der Waals surface area contributed by atoms with Gasteiger partial charge in [0.05, 0.1) is 34.2 Å². The van der Waals surface area contributed by atoms with Gasteiger partial charge in [-0.3, -0.25) is 0 Å². The lowest BCUT2D eigenvalue weighted by Crippen LogP contribution is -2.14. The van der Waals surface area contributed by atoms with Crippen LogP contribution in [-0.2, 0) is 0 Å². The lowest BCUT2D eigenvalue weighted by atomic mass is 10.1. The van der Waals surface area contributed by atoms with Crippen molar-refractivity contribution in [1.29, 1.82) is 0 Å². The Labute approximate surface area is 85.5 Å². The number of halogens is 1. The fourth-order valence-corrected chi connectivity index (χ4v) is 2.14. The molecule has 1 heterocycles. The Bertz CT molecular complexity index is 333. The van der Waals surface area contributed by atoms with Gasteiger partial charge in [0.25, 0.3) is 0 Å². The van der Waals surface area contributed by atoms with Crippen LogP contribution in [-0.4, -0.2) is 6.54 Å². The fourth-order valence-electron chi connectivity index (χ4n) is 1.36. The summed E-state index contributed by atoms with van der Waals surface area (Å²) in [6, 6.07) is 5.99. The molecule has 0 atom stereocenters. The number of nitrogen functional groups attached to an aromatic ring is 1. The molecule has 1 aliphatic rings. The van der Waals surface area contributed by atoms with Gasteiger partial charge in [-0.1, -0.05) is 24.3 Å². The van der Waals surface area contributed by atoms with Crippen LogP contribution in [0, 0.1) is 0 Å². The van der Waals surface area contributed by atoms with Gasteiger partial charge in [-0.2, -0.15) is 0 Å². The second-order valence-corrected chi connectivity index (χ2v) is 3.90. The van der Waals surface area contributed by atoms with E-state index in [4.69, 9.17) is 5.73 Å². The first-order valence-corrected chi connectivity index (χ1v) is 4.74. The Kier molecular flexibility index (Phi) is 1.96. The van der Waals surface area contributed by atoms with Crippen molar-refractivity contribution in [2.24, 2.45) is 0 Å². The smallest absolute Gasteiger partial charge is 0.0763 e. The lowest BCUT2D eigenvalue weighted by Gasteiger charge is -2.22. The first-order valence-electron chi connectivity index (χ1n) is 3.77. The Morgan fingerprint density at radius 3 is 3.00 bits per heavy atom. The third-order valence-electron chi connectivity index (χ3n) is 1.90. The van der Waals surface area contributed by atoms with Crippen LogP contribution in [0.2, 0.25) is 0 Å². The van der Waals surface area contributed by atoms with Crippen molar-refractivity contribution in [1.82, 2.24) is 0 Å². The van der Waals surface area contributed by atoms with Crippen LogP contribution in [0.4, 0.5) is 11.4 Å². The summed E-state index contributed by atoms with van der Waals surface area (Å²) in [7, 11) is 0. The molecular formula is C9H9IN2. The van der Waals surface area contributed by atoms with Crippen LogP contribution < -0.4 is 8.85 Å². The highest BCUT2D eigenvalue weighted by Gasteiger charge is 2.12. The van der Waals surface area contributed by atoms with Gasteiger partial charge in [0.1, 0.15) is 0 Å². The summed E-state index contributed by atoms with van der Waals surface area (Å²) in [4.78, 5) is 0. The molecule has 2 nitrogen and oxygen atoms in total. The Balaban J connectivity index is 2.62. The van der Waals surface area contributed by atoms with E-state index in [1.54, 1.807) is 0 Å². The summed E-state index contributed by atoms with van der Waals surface area (Å²) in [5, 5.41) is 0. The Hall–Kier alpha value is -0.710. The molecule has 1 aliphatic heterocycles. The fraction of sp³-hybridized carbons (Fsp3) is 0.111. The van der Waals surface area contributed by atoms with Crippen molar-refractivity contribution in [3.05, 3.63) is 29.8 Å². The zero-order valence-corrected chi connectivity index (χ0v) is 8.65. The normalized spacial score (nSPS) is 14.6. The second-order valence-electron chi connectivity index (χ2n) is 2.73. The molecule has 1 aromatic carbocycles. The zero-order valence-electron chi connectivity index (χ0n) is 6.50. The van der Waals surface area contributed by atoms with Crippen LogP contribution in [0.25, 0.3) is 6.08 Å². The van der Waals surface area contributed by atoms with E-state index in [2.05, 4.69) is 44.2 Å². The first kappa shape index (κ1) is 7.91. The number of fused-ring (bicyclic) bond motifs is 1. The van der Waals surface area contributed by atoms with Crippen LogP contribution in [0.5, 0.6) is 0 Å². The predicted molar refractivity (Wildman–Crippen MR) is 61.3 cm³/mol. The van der Waals surface area contributed by atoms with E-state index in [-0.39, 0.29) is 0 Å². The number of hydrogen-bond donors (Lipinski definition) is 1. The summed E-state index contributed by atoms with van der Waals surface area (Å²) in [6.45, 7) is 0.932. The average molecular weight is 272 g/mol. The largest absolute Gasteiger partial charge is 0.397 e. The molecule has 62 valence electrons. The minimum Gasteiger partial charge on any atom is -0.397 e. The van der Waals surface area contributed by atoms with Gasteiger partial charge in [0.2, 0.25) is 0 Å². The number of rotatable bonds is 0. The molecule has 0 spiro atoms. The average Bonchev–Trinajstić information content (AvgIpc) is 2.04. The monoisotopic (exact) mass is 272 g/mol. The molecule has 2 N–H and O–H groups in total. The quantitative estimate of drug-likeness (QED) is 0.446. The molecule has 0 aromatic heterocycles. The third-order valence-corrected chi connectivity index (χ3v) is 2.78. The maximum absolute atomic E-state index is 5.85. The van der Waals surface area contributed by atoms with Gasteiger partial charge in [-0.25, -0.2) is 0 Å². The number of hydrogen-bond acceptors (Lipinski definition) is 2. The van der Waals surface area contributed by atoms with Crippen molar-refractivity contribution in [3.63, 3.8) is 0 Å². The number of anilines is 2. The lowest BCUT2D eigenvalue weighted by molar-refractivity contribution is 1.23. The number of para-hydroxylation sites is 1. The van der Waals surface area contributed by atoms with Crippen molar-refractivity contribution in [2.45, 2.75) is 0 Å². The zero-order chi connectivity index (χ0) is 8.55. The van der Waals surface area contributed by atoms with Gasteiger partial charge in [0.15, 0.2) is 0 Å². The summed E-state index contributed by atoms with van der Waals surface area (Å²) in [6.07, 6.45) is 4.25. The minimum atomic E-state index is 0.853. The van der Waals surface area contributed by atoms with Crippen molar-refractivity contribution in [2.75, 3.05) is 15.4 Å². The highest BCUT2D eigenvalue weighted by molar-refractivity contribution is 14.1. The van der Waals surface area contributed by atoms with E-state index in [0.29, 0.717) is 0 Å². The Morgan fingerprint density at radius 1 is 1.42 bits per heavy atom. The van der Waals surface area contributed by atoms with E-state index in [9.17, 15) is 0 Å². The molecule has 12 heavy (non-hydrogen) atoms. The van der Waals surface area contributed by atoms with E-state index >= 15 is 0 Å². The summed E-state index contributed by atoms with van der Waals surface area (Å²) in [5.74, 6) is 0. The molecule has 0 bridgehead atoms. The van der Waals surface area contributed by atoms with Crippen LogP contribution in [0.15, 0.2) is 24.3 Å². The predicted octanol–water partition coefficient (Wildman–Crippen LogP) is 2.45. The second kappa shape index (κ2) is 2.97. The van der Waals surface area contributed by atoms with Crippen molar-refractivity contribution in [3.8, 4) is 0 Å².